The van der Waals surface area contributed by atoms with Crippen molar-refractivity contribution in [3.8, 4) is 23.0 Å². The van der Waals surface area contributed by atoms with Crippen molar-refractivity contribution in [3.63, 3.8) is 0 Å². The van der Waals surface area contributed by atoms with E-state index >= 15 is 0 Å². The van der Waals surface area contributed by atoms with Crippen LogP contribution in [0.4, 0.5) is 0 Å². The van der Waals surface area contributed by atoms with E-state index in [0.717, 1.165) is 32.7 Å². The minimum atomic E-state index is -4.34. The van der Waals surface area contributed by atoms with E-state index in [1.807, 2.05) is 78.9 Å². The van der Waals surface area contributed by atoms with Crippen LogP contribution in [-0.2, 0) is 21.5 Å². The van der Waals surface area contributed by atoms with Gasteiger partial charge in [-0.15, -0.1) is 0 Å². The second-order valence-corrected chi connectivity index (χ2v) is 12.0. The fraction of sp³-hybridized carbons (Fsp3) is 0.143. The molecule has 1 unspecified atom stereocenters. The highest BCUT2D eigenvalue weighted by molar-refractivity contribution is 7.85. The van der Waals surface area contributed by atoms with Crippen LogP contribution in [0.15, 0.2) is 101 Å². The Morgan fingerprint density at radius 2 is 1.36 bits per heavy atom. The number of benzene rings is 5. The first kappa shape index (κ1) is 28.0. The van der Waals surface area contributed by atoms with Crippen molar-refractivity contribution < 1.29 is 36.7 Å². The Kier molecular flexibility index (Phi) is 6.81. The molecule has 5 aromatic rings. The molecule has 7 rings (SSSR count). The molecular weight excluding hydrogens is 580 g/mol. The molecule has 0 bridgehead atoms. The highest BCUT2D eigenvalue weighted by Gasteiger charge is 2.45. The number of hydrogen-bond acceptors (Lipinski definition) is 7. The van der Waals surface area contributed by atoms with E-state index in [1.165, 1.54) is 12.1 Å². The zero-order valence-electron chi connectivity index (χ0n) is 23.9. The van der Waals surface area contributed by atoms with Crippen LogP contribution in [0.5, 0.6) is 23.0 Å². The smallest absolute Gasteiger partial charge is 0.297 e. The highest BCUT2D eigenvalue weighted by atomic mass is 32.2. The number of hydrogen-bond donors (Lipinski definition) is 1. The maximum Gasteiger partial charge on any atom is 0.297 e. The monoisotopic (exact) mass is 608 g/mol. The average molecular weight is 609 g/mol. The van der Waals surface area contributed by atoms with E-state index in [9.17, 15) is 13.0 Å². The molecule has 0 aliphatic carbocycles. The Morgan fingerprint density at radius 3 is 2.00 bits per heavy atom. The van der Waals surface area contributed by atoms with Gasteiger partial charge in [-0.3, -0.25) is 4.55 Å². The van der Waals surface area contributed by atoms with Crippen molar-refractivity contribution in [2.75, 3.05) is 20.8 Å². The molecule has 0 radical (unpaired) electrons. The fourth-order valence-corrected chi connectivity index (χ4v) is 6.35. The molecule has 0 saturated carbocycles. The zero-order chi connectivity index (χ0) is 30.5. The van der Waals surface area contributed by atoms with Crippen LogP contribution >= 0.6 is 0 Å². The summed E-state index contributed by atoms with van der Waals surface area (Å²) >= 11 is 0. The molecule has 2 aliphatic rings. The Balaban J connectivity index is 1.34. The van der Waals surface area contributed by atoms with Crippen molar-refractivity contribution in [2.24, 2.45) is 0 Å². The lowest BCUT2D eigenvalue weighted by molar-refractivity contribution is -0.0549. The van der Waals surface area contributed by atoms with Crippen LogP contribution < -0.4 is 18.9 Å². The molecule has 8 nitrogen and oxygen atoms in total. The van der Waals surface area contributed by atoms with Gasteiger partial charge >= 0.3 is 0 Å². The third kappa shape index (κ3) is 4.75. The van der Waals surface area contributed by atoms with Gasteiger partial charge in [-0.25, -0.2) is 0 Å². The predicted octanol–water partition coefficient (Wildman–Crippen LogP) is 7.05. The van der Waals surface area contributed by atoms with E-state index in [0.29, 0.717) is 34.1 Å². The summed E-state index contributed by atoms with van der Waals surface area (Å²) in [4.78, 5) is -0.197. The number of ether oxygens (including phenoxy) is 5. The molecule has 2 aliphatic heterocycles. The Morgan fingerprint density at radius 1 is 0.750 bits per heavy atom. The minimum absolute atomic E-state index is 0.0800. The van der Waals surface area contributed by atoms with Crippen LogP contribution in [0.3, 0.4) is 0 Å². The normalized spacial score (nSPS) is 17.0. The molecular formula is C35H28O8S. The molecule has 44 heavy (non-hydrogen) atoms. The predicted molar refractivity (Wildman–Crippen MR) is 168 cm³/mol. The Hall–Kier alpha value is -4.83. The lowest BCUT2D eigenvalue weighted by atomic mass is 9.91. The summed E-state index contributed by atoms with van der Waals surface area (Å²) in [6.45, 7) is 0.160. The largest absolute Gasteiger partial charge is 0.493 e. The Labute approximate surface area is 254 Å². The highest BCUT2D eigenvalue weighted by Crippen LogP contribution is 2.51. The summed E-state index contributed by atoms with van der Waals surface area (Å²) in [5, 5.41) is 3.98. The molecule has 1 spiro atoms. The third-order valence-electron chi connectivity index (χ3n) is 7.92. The molecule has 0 amide bonds. The van der Waals surface area contributed by atoms with Crippen LogP contribution in [0, 0.1) is 0 Å². The maximum absolute atomic E-state index is 11.7. The molecule has 0 aromatic heterocycles. The van der Waals surface area contributed by atoms with Gasteiger partial charge in [0.2, 0.25) is 0 Å². The van der Waals surface area contributed by atoms with Crippen molar-refractivity contribution in [3.05, 3.63) is 113 Å². The molecule has 9 heteroatoms. The van der Waals surface area contributed by atoms with Crippen LogP contribution in [0.2, 0.25) is 0 Å². The molecule has 5 aromatic carbocycles. The second kappa shape index (κ2) is 10.7. The van der Waals surface area contributed by atoms with E-state index in [4.69, 9.17) is 23.7 Å². The van der Waals surface area contributed by atoms with Crippen molar-refractivity contribution in [1.82, 2.24) is 0 Å². The average Bonchev–Trinajstić information content (AvgIpc) is 3.04. The number of methoxy groups -OCH3 is 2. The first-order valence-electron chi connectivity index (χ1n) is 13.9. The quantitative estimate of drug-likeness (QED) is 0.196. The second-order valence-electron chi connectivity index (χ2n) is 10.6. The molecule has 1 atom stereocenters. The van der Waals surface area contributed by atoms with Gasteiger partial charge in [-0.1, -0.05) is 60.7 Å². The topological polar surface area (TPSA) is 101 Å². The van der Waals surface area contributed by atoms with E-state index in [2.05, 4.69) is 0 Å². The lowest BCUT2D eigenvalue weighted by Crippen LogP contribution is -2.46. The van der Waals surface area contributed by atoms with Gasteiger partial charge in [0.25, 0.3) is 15.9 Å². The van der Waals surface area contributed by atoms with E-state index < -0.39 is 15.9 Å². The van der Waals surface area contributed by atoms with Gasteiger partial charge in [0.1, 0.15) is 0 Å². The van der Waals surface area contributed by atoms with Crippen molar-refractivity contribution in [2.45, 2.75) is 17.3 Å². The van der Waals surface area contributed by atoms with Crippen molar-refractivity contribution in [1.29, 1.82) is 0 Å². The summed E-state index contributed by atoms with van der Waals surface area (Å²) in [5.41, 5.74) is 2.95. The van der Waals surface area contributed by atoms with E-state index in [1.54, 1.807) is 26.4 Å². The first-order valence-corrected chi connectivity index (χ1v) is 15.4. The molecule has 0 fully saturated rings. The standard InChI is InChI=1S/C35H28O8S/c1-39-31-17-23-9-3-5-12-27(23)29-14-15-35(42-33(29)31)25(21-41-20-22-8-7-11-26(16-22)44(36,37)38)19-30-28-13-6-4-10-24(28)18-32(40-2)34(30)43-35/h3-19H,20-21H2,1-2H3,(H,36,37,38). The summed E-state index contributed by atoms with van der Waals surface area (Å²) in [6.07, 6.45) is 5.85. The van der Waals surface area contributed by atoms with Crippen LogP contribution in [0.25, 0.3) is 33.7 Å². The van der Waals surface area contributed by atoms with Gasteiger partial charge in [-0.2, -0.15) is 8.42 Å². The molecule has 2 heterocycles. The molecule has 1 N–H and O–H groups in total. The van der Waals surface area contributed by atoms with Crippen LogP contribution in [0.1, 0.15) is 16.7 Å². The number of rotatable bonds is 7. The van der Waals surface area contributed by atoms with Gasteiger partial charge in [0.15, 0.2) is 23.0 Å². The summed E-state index contributed by atoms with van der Waals surface area (Å²) in [6, 6.07) is 25.9. The van der Waals surface area contributed by atoms with Crippen LogP contribution in [-0.4, -0.2) is 39.6 Å². The molecule has 0 saturated heterocycles. The Bertz CT molecular complexity index is 2110. The third-order valence-corrected chi connectivity index (χ3v) is 8.77. The lowest BCUT2D eigenvalue weighted by Gasteiger charge is -2.40. The first-order chi connectivity index (χ1) is 21.3. The SMILES string of the molecule is COc1cc2ccccc2c2c1OC1(C=C2)Oc2c(OC)cc3ccccc3c2C=C1COCc1cccc(S(=O)(=O)O)c1. The van der Waals surface area contributed by atoms with Gasteiger partial charge < -0.3 is 23.7 Å². The fourth-order valence-electron chi connectivity index (χ4n) is 5.80. The zero-order valence-corrected chi connectivity index (χ0v) is 24.8. The van der Waals surface area contributed by atoms with E-state index in [-0.39, 0.29) is 18.1 Å². The molecule has 222 valence electrons. The minimum Gasteiger partial charge on any atom is -0.493 e. The summed E-state index contributed by atoms with van der Waals surface area (Å²) in [7, 11) is -1.14. The summed E-state index contributed by atoms with van der Waals surface area (Å²) in [5.74, 6) is 0.781. The van der Waals surface area contributed by atoms with Gasteiger partial charge in [0.05, 0.1) is 32.3 Å². The van der Waals surface area contributed by atoms with Crippen molar-refractivity contribution >= 4 is 43.8 Å². The van der Waals surface area contributed by atoms with Gasteiger partial charge in [0, 0.05) is 22.8 Å². The van der Waals surface area contributed by atoms with Gasteiger partial charge in [-0.05, 0) is 63.5 Å². The maximum atomic E-state index is 11.7. The summed E-state index contributed by atoms with van der Waals surface area (Å²) < 4.78 is 64.1. The number of fused-ring (bicyclic) bond motifs is 6.